The molecule has 1 aliphatic carbocycles. The van der Waals surface area contributed by atoms with Crippen molar-refractivity contribution in [3.8, 4) is 6.07 Å². The zero-order valence-corrected chi connectivity index (χ0v) is 13.9. The molecule has 2 fully saturated rings. The van der Waals surface area contributed by atoms with Gasteiger partial charge in [0.15, 0.2) is 0 Å². The molecular weight excluding hydrogens is 312 g/mol. The van der Waals surface area contributed by atoms with Gasteiger partial charge < -0.3 is 5.11 Å². The third-order valence-corrected chi connectivity index (χ3v) is 6.96. The Morgan fingerprint density at radius 1 is 1.13 bits per heavy atom. The Morgan fingerprint density at radius 2 is 1.78 bits per heavy atom. The summed E-state index contributed by atoms with van der Waals surface area (Å²) in [4.78, 5) is 0.200. The number of nitriles is 1. The summed E-state index contributed by atoms with van der Waals surface area (Å²) in [7, 11) is -3.63. The number of nitrogens with zero attached hydrogens (tertiary/aromatic N) is 2. The largest absolute Gasteiger partial charge is 0.392 e. The molecule has 0 spiro atoms. The second-order valence-electron chi connectivity index (χ2n) is 6.57. The van der Waals surface area contributed by atoms with Crippen LogP contribution in [-0.4, -0.2) is 36.5 Å². The Balaban J connectivity index is 1.88. The minimum absolute atomic E-state index is 0.106. The molecule has 0 amide bonds. The van der Waals surface area contributed by atoms with Crippen LogP contribution >= 0.6 is 0 Å². The van der Waals surface area contributed by atoms with Crippen molar-refractivity contribution < 1.29 is 13.5 Å². The smallest absolute Gasteiger partial charge is 0.243 e. The topological polar surface area (TPSA) is 81.4 Å². The van der Waals surface area contributed by atoms with Crippen LogP contribution in [0.25, 0.3) is 0 Å². The van der Waals surface area contributed by atoms with Gasteiger partial charge in [0.2, 0.25) is 10.0 Å². The Hall–Kier alpha value is -1.42. The number of rotatable bonds is 3. The zero-order chi connectivity index (χ0) is 16.4. The summed E-state index contributed by atoms with van der Waals surface area (Å²) >= 11 is 0. The highest BCUT2D eigenvalue weighted by atomic mass is 32.2. The van der Waals surface area contributed by atoms with Crippen LogP contribution in [0.5, 0.6) is 0 Å². The predicted molar refractivity (Wildman–Crippen MR) is 86.0 cm³/mol. The van der Waals surface area contributed by atoms with Gasteiger partial charge in [-0.15, -0.1) is 0 Å². The van der Waals surface area contributed by atoms with E-state index >= 15 is 0 Å². The predicted octanol–water partition coefficient (Wildman–Crippen LogP) is 2.26. The number of aliphatic hydroxyl groups is 1. The minimum atomic E-state index is -3.63. The van der Waals surface area contributed by atoms with Crippen molar-refractivity contribution in [3.63, 3.8) is 0 Å². The molecule has 1 aromatic rings. The summed E-state index contributed by atoms with van der Waals surface area (Å²) in [6.07, 6.45) is 5.52. The molecule has 1 saturated heterocycles. The van der Waals surface area contributed by atoms with E-state index in [9.17, 15) is 13.5 Å². The molecule has 1 saturated carbocycles. The zero-order valence-electron chi connectivity index (χ0n) is 13.1. The third-order valence-electron chi connectivity index (χ3n) is 5.06. The van der Waals surface area contributed by atoms with Crippen LogP contribution in [0.4, 0.5) is 0 Å². The highest BCUT2D eigenvalue weighted by molar-refractivity contribution is 7.89. The molecule has 0 unspecified atom stereocenters. The molecule has 2 atom stereocenters. The molecule has 1 heterocycles. The summed E-state index contributed by atoms with van der Waals surface area (Å²) in [5.74, 6) is 0.342. The third kappa shape index (κ3) is 3.27. The first-order valence-electron chi connectivity index (χ1n) is 8.22. The van der Waals surface area contributed by atoms with E-state index in [0.717, 1.165) is 25.7 Å². The first-order chi connectivity index (χ1) is 11.0. The van der Waals surface area contributed by atoms with Crippen molar-refractivity contribution in [1.82, 2.24) is 4.31 Å². The molecule has 0 radical (unpaired) electrons. The molecule has 124 valence electrons. The van der Waals surface area contributed by atoms with E-state index in [0.29, 0.717) is 17.9 Å². The van der Waals surface area contributed by atoms with Gasteiger partial charge in [-0.05, 0) is 49.4 Å². The fraction of sp³-hybridized carbons (Fsp3) is 0.588. The van der Waals surface area contributed by atoms with Gasteiger partial charge in [-0.3, -0.25) is 0 Å². The summed E-state index contributed by atoms with van der Waals surface area (Å²) in [5, 5.41) is 18.9. The number of sulfonamides is 1. The summed E-state index contributed by atoms with van der Waals surface area (Å²) in [5.41, 5.74) is 0.439. The van der Waals surface area contributed by atoms with Crippen molar-refractivity contribution >= 4 is 10.0 Å². The summed E-state index contributed by atoms with van der Waals surface area (Å²) < 4.78 is 27.4. The maximum atomic E-state index is 13.0. The van der Waals surface area contributed by atoms with Crippen LogP contribution in [0, 0.1) is 17.2 Å². The highest BCUT2D eigenvalue weighted by Crippen LogP contribution is 2.37. The molecule has 0 bridgehead atoms. The minimum Gasteiger partial charge on any atom is -0.392 e. The molecule has 6 heteroatoms. The fourth-order valence-electron chi connectivity index (χ4n) is 3.87. The lowest BCUT2D eigenvalue weighted by Gasteiger charge is -2.33. The number of β-amino-alcohol motifs (C(OH)–C–C–N with tert-alkyl or cyclic N) is 1. The van der Waals surface area contributed by atoms with Gasteiger partial charge in [-0.25, -0.2) is 8.42 Å². The summed E-state index contributed by atoms with van der Waals surface area (Å²) in [6.45, 7) is 0.170. The van der Waals surface area contributed by atoms with Crippen LogP contribution in [0.3, 0.4) is 0 Å². The average molecular weight is 334 g/mol. The van der Waals surface area contributed by atoms with Crippen LogP contribution in [0.15, 0.2) is 29.2 Å². The number of hydrogen-bond acceptors (Lipinski definition) is 4. The Bertz CT molecular complexity index is 688. The van der Waals surface area contributed by atoms with Crippen molar-refractivity contribution in [2.75, 3.05) is 6.54 Å². The molecule has 1 aromatic carbocycles. The monoisotopic (exact) mass is 334 g/mol. The van der Waals surface area contributed by atoms with Gasteiger partial charge in [-0.1, -0.05) is 19.3 Å². The van der Waals surface area contributed by atoms with Crippen molar-refractivity contribution in [1.29, 1.82) is 5.26 Å². The van der Waals surface area contributed by atoms with E-state index < -0.39 is 16.1 Å². The maximum absolute atomic E-state index is 13.0. The quantitative estimate of drug-likeness (QED) is 0.919. The molecule has 5 nitrogen and oxygen atoms in total. The van der Waals surface area contributed by atoms with E-state index in [-0.39, 0.29) is 17.5 Å². The maximum Gasteiger partial charge on any atom is 0.243 e. The van der Waals surface area contributed by atoms with Crippen LogP contribution < -0.4 is 0 Å². The lowest BCUT2D eigenvalue weighted by atomic mass is 9.83. The van der Waals surface area contributed by atoms with Crippen molar-refractivity contribution in [2.24, 2.45) is 5.92 Å². The SMILES string of the molecule is N#Cc1ccc(S(=O)(=O)N2C[C@H](O)C[C@@H]2C2CCCCC2)cc1. The number of hydrogen-bond donors (Lipinski definition) is 1. The van der Waals surface area contributed by atoms with Crippen LogP contribution in [0.2, 0.25) is 0 Å². The Labute approximate surface area is 137 Å². The van der Waals surface area contributed by atoms with Gasteiger partial charge in [-0.2, -0.15) is 9.57 Å². The molecule has 3 rings (SSSR count). The Kier molecular flexibility index (Phi) is 4.72. The van der Waals surface area contributed by atoms with Gasteiger partial charge in [0.25, 0.3) is 0 Å². The molecule has 1 N–H and O–H groups in total. The molecular formula is C17H22N2O3S. The van der Waals surface area contributed by atoms with Gasteiger partial charge in [0.1, 0.15) is 0 Å². The normalized spacial score (nSPS) is 27.0. The van der Waals surface area contributed by atoms with Crippen LogP contribution in [0.1, 0.15) is 44.1 Å². The van der Waals surface area contributed by atoms with E-state index in [1.165, 1.54) is 35.0 Å². The second-order valence-corrected chi connectivity index (χ2v) is 8.46. The van der Waals surface area contributed by atoms with Gasteiger partial charge in [0.05, 0.1) is 22.6 Å². The number of benzene rings is 1. The van der Waals surface area contributed by atoms with E-state index in [2.05, 4.69) is 0 Å². The van der Waals surface area contributed by atoms with E-state index in [1.807, 2.05) is 6.07 Å². The first kappa shape index (κ1) is 16.4. The fourth-order valence-corrected chi connectivity index (χ4v) is 5.61. The standard InChI is InChI=1S/C17H22N2O3S/c18-11-13-6-8-16(9-7-13)23(21,22)19-12-15(20)10-17(19)14-4-2-1-3-5-14/h6-9,14-15,17,20H,1-5,10,12H2/t15-,17-/m1/s1. The molecule has 0 aromatic heterocycles. The highest BCUT2D eigenvalue weighted by Gasteiger charge is 2.43. The lowest BCUT2D eigenvalue weighted by molar-refractivity contribution is 0.185. The molecule has 2 aliphatic rings. The van der Waals surface area contributed by atoms with Crippen LogP contribution in [-0.2, 0) is 10.0 Å². The summed E-state index contributed by atoms with van der Waals surface area (Å²) in [6, 6.07) is 7.90. The van der Waals surface area contributed by atoms with E-state index in [4.69, 9.17) is 5.26 Å². The number of aliphatic hydroxyl groups excluding tert-OH is 1. The van der Waals surface area contributed by atoms with Crippen molar-refractivity contribution in [2.45, 2.75) is 55.6 Å². The van der Waals surface area contributed by atoms with Gasteiger partial charge in [0, 0.05) is 12.6 Å². The van der Waals surface area contributed by atoms with E-state index in [1.54, 1.807) is 0 Å². The first-order valence-corrected chi connectivity index (χ1v) is 9.66. The second kappa shape index (κ2) is 6.60. The lowest BCUT2D eigenvalue weighted by Crippen LogP contribution is -2.40. The average Bonchev–Trinajstić information content (AvgIpc) is 2.98. The van der Waals surface area contributed by atoms with Gasteiger partial charge >= 0.3 is 0 Å². The Morgan fingerprint density at radius 3 is 2.39 bits per heavy atom. The van der Waals surface area contributed by atoms with Crippen molar-refractivity contribution in [3.05, 3.63) is 29.8 Å². The molecule has 23 heavy (non-hydrogen) atoms. The molecule has 1 aliphatic heterocycles.